The van der Waals surface area contributed by atoms with E-state index in [-0.39, 0.29) is 37.9 Å². The Morgan fingerprint density at radius 3 is 1.73 bits per heavy atom. The van der Waals surface area contributed by atoms with Crippen LogP contribution in [0, 0.1) is 0 Å². The van der Waals surface area contributed by atoms with Crippen LogP contribution in [0.5, 0.6) is 0 Å². The number of hydrogen-bond acceptors (Lipinski definition) is 10. The van der Waals surface area contributed by atoms with Crippen molar-refractivity contribution < 1.29 is 21.0 Å². The fraction of sp³-hybridized carbons (Fsp3) is 0.667. The summed E-state index contributed by atoms with van der Waals surface area (Å²) >= 11 is 2.28. The molecule has 0 amide bonds. The van der Waals surface area contributed by atoms with Crippen LogP contribution in [0.1, 0.15) is 69.3 Å². The van der Waals surface area contributed by atoms with Gasteiger partial charge in [0.15, 0.2) is 0 Å². The predicted octanol–water partition coefficient (Wildman–Crippen LogP) is 3.43. The third kappa shape index (κ3) is 10.3. The molecule has 0 unspecified atom stereocenters. The first-order valence-corrected chi connectivity index (χ1v) is 16.3. The molecule has 192 valence electrons. The number of sulfone groups is 2. The SMILES string of the molecule is CC[C@H](N)c1cnc(S(C)(=O)=O)s1.CC[C@H](N[S@](=O)C(C)(C)C)c1cnc(S(C)(=O)=O)s1.Cl. The standard InChI is InChI=1S/C11H20N2O3S3.C7H12N2O2S2.ClH/c1-6-8(13-18(14)11(2,3)4)9-7-12-10(17-9)19(5,15)16;1-3-5(8)6-4-9-7(12-6)13(2,10)11;/h7-8,13H,6H2,1-5H3;4-5H,3,8H2,1-2H3;1H/t8-,18+;5-;/m00./s1. The molecule has 0 spiro atoms. The molecule has 0 aromatic carbocycles. The number of nitrogens with one attached hydrogen (secondary N) is 1. The van der Waals surface area contributed by atoms with Crippen LogP contribution >= 0.6 is 35.1 Å². The lowest BCUT2D eigenvalue weighted by molar-refractivity contribution is 0.593. The van der Waals surface area contributed by atoms with Gasteiger partial charge in [-0.05, 0) is 33.6 Å². The zero-order chi connectivity index (χ0) is 24.9. The van der Waals surface area contributed by atoms with Crippen molar-refractivity contribution in [1.29, 1.82) is 0 Å². The minimum absolute atomic E-state index is 0. The molecule has 0 saturated heterocycles. The molecule has 0 saturated carbocycles. The van der Waals surface area contributed by atoms with Gasteiger partial charge in [0.1, 0.15) is 0 Å². The smallest absolute Gasteiger partial charge is 0.209 e. The summed E-state index contributed by atoms with van der Waals surface area (Å²) in [7, 11) is -7.65. The van der Waals surface area contributed by atoms with Gasteiger partial charge in [-0.3, -0.25) is 0 Å². The molecule has 2 aromatic rings. The van der Waals surface area contributed by atoms with E-state index in [1.54, 1.807) is 6.20 Å². The van der Waals surface area contributed by atoms with Crippen LogP contribution in [0.15, 0.2) is 21.1 Å². The van der Waals surface area contributed by atoms with Crippen molar-refractivity contribution in [2.24, 2.45) is 5.73 Å². The lowest BCUT2D eigenvalue weighted by Crippen LogP contribution is -2.35. The van der Waals surface area contributed by atoms with Gasteiger partial charge < -0.3 is 5.73 Å². The van der Waals surface area contributed by atoms with Gasteiger partial charge >= 0.3 is 0 Å². The topological polar surface area (TPSA) is 149 Å². The van der Waals surface area contributed by atoms with E-state index in [0.29, 0.717) is 6.42 Å². The zero-order valence-electron chi connectivity index (χ0n) is 19.7. The molecule has 0 radical (unpaired) electrons. The van der Waals surface area contributed by atoms with Crippen molar-refractivity contribution in [2.45, 2.75) is 73.0 Å². The number of aromatic nitrogens is 2. The molecular weight excluding hydrogens is 548 g/mol. The van der Waals surface area contributed by atoms with E-state index in [2.05, 4.69) is 14.7 Å². The van der Waals surface area contributed by atoms with Crippen molar-refractivity contribution in [1.82, 2.24) is 14.7 Å². The third-order valence-electron chi connectivity index (χ3n) is 4.00. The van der Waals surface area contributed by atoms with E-state index in [1.807, 2.05) is 34.6 Å². The lowest BCUT2D eigenvalue weighted by atomic mass is 10.2. The Morgan fingerprint density at radius 2 is 1.39 bits per heavy atom. The summed E-state index contributed by atoms with van der Waals surface area (Å²) in [5.41, 5.74) is 5.73. The van der Waals surface area contributed by atoms with Crippen molar-refractivity contribution in [2.75, 3.05) is 12.5 Å². The molecule has 3 N–H and O–H groups in total. The molecule has 3 atom stereocenters. The number of thiazole rings is 2. The maximum absolute atomic E-state index is 12.1. The molecule has 0 aliphatic carbocycles. The van der Waals surface area contributed by atoms with Gasteiger partial charge in [-0.1, -0.05) is 13.8 Å². The van der Waals surface area contributed by atoms with Crippen molar-refractivity contribution >= 4 is 65.7 Å². The maximum Gasteiger partial charge on any atom is 0.209 e. The molecule has 0 aliphatic heterocycles. The average molecular weight is 581 g/mol. The highest BCUT2D eigenvalue weighted by molar-refractivity contribution is 7.93. The summed E-state index contributed by atoms with van der Waals surface area (Å²) in [5.74, 6) is 0. The van der Waals surface area contributed by atoms with Gasteiger partial charge in [-0.25, -0.2) is 35.7 Å². The molecule has 2 aromatic heterocycles. The normalized spacial score (nSPS) is 15.0. The van der Waals surface area contributed by atoms with E-state index >= 15 is 0 Å². The summed E-state index contributed by atoms with van der Waals surface area (Å²) in [5, 5.41) is 0. The second-order valence-electron chi connectivity index (χ2n) is 8.08. The first-order valence-electron chi connectivity index (χ1n) is 9.75. The van der Waals surface area contributed by atoms with Crippen LogP contribution in [-0.4, -0.2) is 48.3 Å². The number of rotatable bonds is 8. The van der Waals surface area contributed by atoms with Gasteiger partial charge in [0.05, 0.1) is 21.8 Å². The monoisotopic (exact) mass is 580 g/mol. The molecule has 0 fully saturated rings. The maximum atomic E-state index is 12.1. The molecule has 0 bridgehead atoms. The molecule has 9 nitrogen and oxygen atoms in total. The summed E-state index contributed by atoms with van der Waals surface area (Å²) in [4.78, 5) is 9.34. The van der Waals surface area contributed by atoms with E-state index in [4.69, 9.17) is 5.73 Å². The summed E-state index contributed by atoms with van der Waals surface area (Å²) in [6, 6.07) is -0.249. The van der Waals surface area contributed by atoms with E-state index < -0.39 is 30.7 Å². The Kier molecular flexibility index (Phi) is 12.8. The Bertz CT molecular complexity index is 1120. The number of nitrogens with zero attached hydrogens (tertiary/aromatic N) is 2. The van der Waals surface area contributed by atoms with Gasteiger partial charge in [0, 0.05) is 40.7 Å². The van der Waals surface area contributed by atoms with E-state index in [0.717, 1.165) is 51.4 Å². The predicted molar refractivity (Wildman–Crippen MR) is 139 cm³/mol. The third-order valence-corrected chi connectivity index (χ3v) is 11.2. The lowest BCUT2D eigenvalue weighted by Gasteiger charge is -2.22. The highest BCUT2D eigenvalue weighted by Crippen LogP contribution is 2.27. The quantitative estimate of drug-likeness (QED) is 0.482. The van der Waals surface area contributed by atoms with Crippen molar-refractivity contribution in [3.63, 3.8) is 0 Å². The highest BCUT2D eigenvalue weighted by atomic mass is 35.5. The van der Waals surface area contributed by atoms with E-state index in [9.17, 15) is 21.0 Å². The highest BCUT2D eigenvalue weighted by Gasteiger charge is 2.25. The van der Waals surface area contributed by atoms with Gasteiger partial charge in [-0.2, -0.15) is 0 Å². The Hall–Kier alpha value is -0.480. The van der Waals surface area contributed by atoms with Gasteiger partial charge in [0.25, 0.3) is 0 Å². The molecular formula is C18H33ClN4O5S5. The summed E-state index contributed by atoms with van der Waals surface area (Å²) in [6.45, 7) is 9.56. The molecule has 0 aliphatic rings. The Morgan fingerprint density at radius 1 is 0.970 bits per heavy atom. The second kappa shape index (κ2) is 13.0. The Labute approximate surface area is 213 Å². The number of hydrogen-bond donors (Lipinski definition) is 2. The summed E-state index contributed by atoms with van der Waals surface area (Å²) in [6.07, 6.45) is 6.86. The Balaban J connectivity index is 0.000000642. The van der Waals surface area contributed by atoms with Crippen LogP contribution in [0.25, 0.3) is 0 Å². The van der Waals surface area contributed by atoms with Crippen LogP contribution in [0.4, 0.5) is 0 Å². The van der Waals surface area contributed by atoms with E-state index in [1.165, 1.54) is 6.20 Å². The van der Waals surface area contributed by atoms with Gasteiger partial charge in [-0.15, -0.1) is 35.1 Å². The number of halogens is 1. The van der Waals surface area contributed by atoms with Crippen molar-refractivity contribution in [3.8, 4) is 0 Å². The first kappa shape index (κ1) is 32.5. The molecule has 2 rings (SSSR count). The molecule has 2 heterocycles. The molecule has 15 heteroatoms. The van der Waals surface area contributed by atoms with Gasteiger partial charge in [0.2, 0.25) is 28.4 Å². The van der Waals surface area contributed by atoms with Crippen LogP contribution in [-0.2, 0) is 30.7 Å². The minimum atomic E-state index is -3.28. The zero-order valence-corrected chi connectivity index (χ0v) is 24.6. The fourth-order valence-electron chi connectivity index (χ4n) is 2.06. The van der Waals surface area contributed by atoms with Crippen LogP contribution < -0.4 is 10.5 Å². The molecule has 33 heavy (non-hydrogen) atoms. The fourth-order valence-corrected chi connectivity index (χ4v) is 6.83. The average Bonchev–Trinajstić information content (AvgIpc) is 3.34. The minimum Gasteiger partial charge on any atom is -0.323 e. The number of nitrogens with two attached hydrogens (primary N) is 1. The first-order chi connectivity index (χ1) is 14.5. The summed E-state index contributed by atoms with van der Waals surface area (Å²) < 4.78 is 59.9. The second-order valence-corrected chi connectivity index (χ2v) is 16.6. The largest absolute Gasteiger partial charge is 0.323 e. The van der Waals surface area contributed by atoms with Crippen LogP contribution in [0.2, 0.25) is 0 Å². The van der Waals surface area contributed by atoms with Crippen molar-refractivity contribution in [3.05, 3.63) is 22.1 Å². The van der Waals surface area contributed by atoms with Crippen LogP contribution in [0.3, 0.4) is 0 Å².